The van der Waals surface area contributed by atoms with Crippen molar-refractivity contribution in [2.45, 2.75) is 0 Å². The quantitative estimate of drug-likeness (QED) is 0.546. The van der Waals surface area contributed by atoms with E-state index in [2.05, 4.69) is 12.6 Å². The molecule has 44 valence electrons. The van der Waals surface area contributed by atoms with E-state index in [4.69, 9.17) is 0 Å². The molecule has 7 heavy (non-hydrogen) atoms. The maximum absolute atomic E-state index is 10.2. The van der Waals surface area contributed by atoms with E-state index in [1.165, 1.54) is 6.26 Å². The molecule has 0 bridgehead atoms. The molecule has 0 fully saturated rings. The molecule has 0 spiro atoms. The number of rotatable bonds is 2. The van der Waals surface area contributed by atoms with Crippen LogP contribution in [0, 0.1) is 0 Å². The molecule has 0 aromatic rings. The van der Waals surface area contributed by atoms with Crippen LogP contribution in [0.5, 0.6) is 0 Å². The van der Waals surface area contributed by atoms with Gasteiger partial charge in [0.1, 0.15) is 9.84 Å². The van der Waals surface area contributed by atoms with E-state index in [1.807, 2.05) is 0 Å². The highest BCUT2D eigenvalue weighted by molar-refractivity contribution is 7.91. The van der Waals surface area contributed by atoms with Crippen molar-refractivity contribution in [3.8, 4) is 0 Å². The van der Waals surface area contributed by atoms with Crippen LogP contribution in [0.2, 0.25) is 0 Å². The third-order valence-corrected chi connectivity index (χ3v) is 1.93. The summed E-state index contributed by atoms with van der Waals surface area (Å²) in [7, 11) is -2.75. The Balaban J connectivity index is 3.60. The fourth-order valence-electron chi connectivity index (χ4n) is 0.166. The molecular formula is C3H8O2S2. The topological polar surface area (TPSA) is 34.1 Å². The first-order valence-electron chi connectivity index (χ1n) is 1.85. The Morgan fingerprint density at radius 1 is 1.57 bits per heavy atom. The lowest BCUT2D eigenvalue weighted by Gasteiger charge is -1.86. The minimum absolute atomic E-state index is 0.177. The van der Waals surface area contributed by atoms with Crippen LogP contribution in [0.4, 0.5) is 0 Å². The van der Waals surface area contributed by atoms with Crippen LogP contribution in [0.15, 0.2) is 0 Å². The molecule has 0 saturated carbocycles. The molecule has 2 nitrogen and oxygen atoms in total. The summed E-state index contributed by atoms with van der Waals surface area (Å²) in [5, 5.41) is 0. The molecular weight excluding hydrogens is 132 g/mol. The summed E-state index contributed by atoms with van der Waals surface area (Å²) >= 11 is 3.73. The first-order chi connectivity index (χ1) is 3.06. The Hall–Kier alpha value is 0.300. The van der Waals surface area contributed by atoms with Crippen molar-refractivity contribution >= 4 is 22.5 Å². The second kappa shape index (κ2) is 2.57. The molecule has 0 aliphatic heterocycles. The third kappa shape index (κ3) is 6.30. The minimum atomic E-state index is -2.75. The lowest BCUT2D eigenvalue weighted by atomic mass is 11.0. The van der Waals surface area contributed by atoms with Crippen LogP contribution in [-0.2, 0) is 9.84 Å². The molecule has 4 heteroatoms. The molecule has 0 aliphatic rings. The van der Waals surface area contributed by atoms with Gasteiger partial charge in [-0.2, -0.15) is 12.6 Å². The summed E-state index contributed by atoms with van der Waals surface area (Å²) in [6, 6.07) is 0. The summed E-state index contributed by atoms with van der Waals surface area (Å²) in [6.45, 7) is 0. The van der Waals surface area contributed by atoms with Crippen LogP contribution in [0.25, 0.3) is 0 Å². The third-order valence-electron chi connectivity index (χ3n) is 0.462. The molecule has 0 saturated heterocycles. The van der Waals surface area contributed by atoms with Crippen LogP contribution in [0.3, 0.4) is 0 Å². The Kier molecular flexibility index (Phi) is 2.68. The van der Waals surface area contributed by atoms with Gasteiger partial charge in [-0.15, -0.1) is 0 Å². The Morgan fingerprint density at radius 3 is 2.00 bits per heavy atom. The van der Waals surface area contributed by atoms with Gasteiger partial charge in [0.15, 0.2) is 0 Å². The van der Waals surface area contributed by atoms with E-state index >= 15 is 0 Å². The van der Waals surface area contributed by atoms with E-state index in [0.717, 1.165) is 0 Å². The van der Waals surface area contributed by atoms with Crippen molar-refractivity contribution in [1.29, 1.82) is 0 Å². The Labute approximate surface area is 49.2 Å². The number of hydrogen-bond donors (Lipinski definition) is 1. The summed E-state index contributed by atoms with van der Waals surface area (Å²) in [5.41, 5.74) is 0. The zero-order valence-electron chi connectivity index (χ0n) is 4.09. The van der Waals surface area contributed by atoms with E-state index in [-0.39, 0.29) is 5.75 Å². The van der Waals surface area contributed by atoms with Gasteiger partial charge in [0.2, 0.25) is 0 Å². The van der Waals surface area contributed by atoms with Gasteiger partial charge < -0.3 is 0 Å². The summed E-state index contributed by atoms with van der Waals surface area (Å²) in [5.74, 6) is 0.592. The predicted molar refractivity (Wildman–Crippen MR) is 33.6 cm³/mol. The van der Waals surface area contributed by atoms with E-state index < -0.39 is 9.84 Å². The van der Waals surface area contributed by atoms with Gasteiger partial charge in [0.25, 0.3) is 0 Å². The van der Waals surface area contributed by atoms with Gasteiger partial charge in [-0.1, -0.05) is 0 Å². The van der Waals surface area contributed by atoms with Crippen LogP contribution < -0.4 is 0 Å². The van der Waals surface area contributed by atoms with Crippen LogP contribution in [0.1, 0.15) is 0 Å². The molecule has 0 N–H and O–H groups in total. The van der Waals surface area contributed by atoms with Gasteiger partial charge in [-0.3, -0.25) is 0 Å². The second-order valence-corrected chi connectivity index (χ2v) is 4.06. The van der Waals surface area contributed by atoms with Gasteiger partial charge in [-0.05, 0) is 0 Å². The molecule has 0 heterocycles. The number of thiol groups is 1. The monoisotopic (exact) mass is 140 g/mol. The normalized spacial score (nSPS) is 11.7. The fourth-order valence-corrected chi connectivity index (χ4v) is 1.49. The highest BCUT2D eigenvalue weighted by Gasteiger charge is 1.95. The minimum Gasteiger partial charge on any atom is -0.229 e. The van der Waals surface area contributed by atoms with Crippen molar-refractivity contribution < 1.29 is 8.42 Å². The smallest absolute Gasteiger partial charge is 0.148 e. The highest BCUT2D eigenvalue weighted by atomic mass is 32.2. The van der Waals surface area contributed by atoms with Gasteiger partial charge >= 0.3 is 0 Å². The molecule has 0 atom stereocenters. The number of sulfone groups is 1. The zero-order chi connectivity index (χ0) is 5.91. The van der Waals surface area contributed by atoms with Crippen LogP contribution >= 0.6 is 12.6 Å². The van der Waals surface area contributed by atoms with Gasteiger partial charge in [0.05, 0.1) is 5.75 Å². The Morgan fingerprint density at radius 2 is 2.00 bits per heavy atom. The van der Waals surface area contributed by atoms with Crippen molar-refractivity contribution in [2.24, 2.45) is 0 Å². The van der Waals surface area contributed by atoms with Crippen molar-refractivity contribution in [1.82, 2.24) is 0 Å². The van der Waals surface area contributed by atoms with Crippen molar-refractivity contribution in [2.75, 3.05) is 17.8 Å². The van der Waals surface area contributed by atoms with Crippen LogP contribution in [-0.4, -0.2) is 26.2 Å². The Bertz CT molecular complexity index is 124. The zero-order valence-corrected chi connectivity index (χ0v) is 5.80. The molecule has 0 aliphatic carbocycles. The summed E-state index contributed by atoms with van der Waals surface area (Å²) in [4.78, 5) is 0. The standard InChI is InChI=1S/C3H8O2S2/c1-7(4,5)3-2-6/h6H,2-3H2,1H3. The SMILES string of the molecule is CS(=O)(=O)CCS. The van der Waals surface area contributed by atoms with Gasteiger partial charge in [-0.25, -0.2) is 8.42 Å². The molecule has 0 aromatic carbocycles. The second-order valence-electron chi connectivity index (χ2n) is 1.35. The molecule has 0 unspecified atom stereocenters. The van der Waals surface area contributed by atoms with E-state index in [0.29, 0.717) is 5.75 Å². The average molecular weight is 140 g/mol. The molecule has 0 rings (SSSR count). The van der Waals surface area contributed by atoms with Gasteiger partial charge in [0, 0.05) is 12.0 Å². The fraction of sp³-hybridized carbons (Fsp3) is 1.00. The molecule has 0 amide bonds. The predicted octanol–water partition coefficient (Wildman–Crippen LogP) is -0.0392. The highest BCUT2D eigenvalue weighted by Crippen LogP contribution is 1.82. The lowest BCUT2D eigenvalue weighted by Crippen LogP contribution is -2.02. The molecule has 0 radical (unpaired) electrons. The van der Waals surface area contributed by atoms with E-state index in [1.54, 1.807) is 0 Å². The first-order valence-corrected chi connectivity index (χ1v) is 4.54. The maximum atomic E-state index is 10.2. The lowest BCUT2D eigenvalue weighted by molar-refractivity contribution is 0.603. The molecule has 0 aromatic heterocycles. The number of hydrogen-bond acceptors (Lipinski definition) is 3. The maximum Gasteiger partial charge on any atom is 0.148 e. The first kappa shape index (κ1) is 7.30. The average Bonchev–Trinajstić information content (AvgIpc) is 1.30. The summed E-state index contributed by atoms with van der Waals surface area (Å²) in [6.07, 6.45) is 1.20. The van der Waals surface area contributed by atoms with Crippen molar-refractivity contribution in [3.63, 3.8) is 0 Å². The van der Waals surface area contributed by atoms with Crippen molar-refractivity contribution in [3.05, 3.63) is 0 Å². The largest absolute Gasteiger partial charge is 0.229 e. The van der Waals surface area contributed by atoms with E-state index in [9.17, 15) is 8.42 Å². The summed E-state index contributed by atoms with van der Waals surface area (Å²) < 4.78 is 20.4.